The number of hydrogen-bond donors (Lipinski definition) is 0. The van der Waals surface area contributed by atoms with Crippen molar-refractivity contribution in [1.82, 2.24) is 9.88 Å². The molecule has 33 heavy (non-hydrogen) atoms. The number of esters is 1. The van der Waals surface area contributed by atoms with Crippen LogP contribution in [0.3, 0.4) is 0 Å². The first-order chi connectivity index (χ1) is 16.0. The second-order valence-electron chi connectivity index (χ2n) is 8.64. The Hall–Kier alpha value is -3.28. The third-order valence-corrected chi connectivity index (χ3v) is 6.57. The molecule has 172 valence electrons. The lowest BCUT2D eigenvalue weighted by molar-refractivity contribution is -0.159. The lowest BCUT2D eigenvalue weighted by Crippen LogP contribution is -2.47. The van der Waals surface area contributed by atoms with Gasteiger partial charge in [-0.25, -0.2) is 9.37 Å². The van der Waals surface area contributed by atoms with Crippen LogP contribution in [-0.4, -0.2) is 41.5 Å². The van der Waals surface area contributed by atoms with Crippen LogP contribution in [0, 0.1) is 11.2 Å². The highest BCUT2D eigenvalue weighted by molar-refractivity contribution is 5.95. The molecule has 0 aliphatic carbocycles. The van der Waals surface area contributed by atoms with Gasteiger partial charge in [-0.05, 0) is 56.7 Å². The van der Waals surface area contributed by atoms with Crippen LogP contribution in [0.4, 0.5) is 4.39 Å². The van der Waals surface area contributed by atoms with Gasteiger partial charge in [-0.3, -0.25) is 9.59 Å². The second-order valence-corrected chi connectivity index (χ2v) is 8.64. The zero-order chi connectivity index (χ0) is 23.3. The molecule has 4 rings (SSSR count). The summed E-state index contributed by atoms with van der Waals surface area (Å²) in [6, 6.07) is 18.3. The Balaban J connectivity index is 1.44. The van der Waals surface area contributed by atoms with E-state index in [0.717, 1.165) is 19.3 Å². The van der Waals surface area contributed by atoms with E-state index in [9.17, 15) is 14.0 Å². The number of likely N-dealkylation sites (tertiary alicyclic amines) is 1. The molecule has 0 bridgehead atoms. The van der Waals surface area contributed by atoms with Gasteiger partial charge in [-0.1, -0.05) is 48.5 Å². The third kappa shape index (κ3) is 5.05. The summed E-state index contributed by atoms with van der Waals surface area (Å²) in [5, 5.41) is 0.657. The summed E-state index contributed by atoms with van der Waals surface area (Å²) >= 11 is 0. The number of ether oxygens (including phenoxy) is 1. The van der Waals surface area contributed by atoms with Gasteiger partial charge in [-0.15, -0.1) is 0 Å². The molecule has 0 N–H and O–H groups in total. The van der Waals surface area contributed by atoms with Crippen LogP contribution in [0.15, 0.2) is 60.7 Å². The molecule has 2 aromatic carbocycles. The van der Waals surface area contributed by atoms with Crippen LogP contribution < -0.4 is 0 Å². The van der Waals surface area contributed by atoms with Crippen LogP contribution in [0.2, 0.25) is 0 Å². The van der Waals surface area contributed by atoms with Gasteiger partial charge in [0.2, 0.25) is 0 Å². The molecule has 2 heterocycles. The molecule has 6 heteroatoms. The summed E-state index contributed by atoms with van der Waals surface area (Å²) in [5.41, 5.74) is 1.09. The maximum Gasteiger partial charge on any atom is 0.312 e. The lowest BCUT2D eigenvalue weighted by Gasteiger charge is -2.40. The van der Waals surface area contributed by atoms with Crippen LogP contribution in [0.25, 0.3) is 10.9 Å². The molecule has 1 saturated heterocycles. The van der Waals surface area contributed by atoms with E-state index in [1.165, 1.54) is 11.6 Å². The summed E-state index contributed by atoms with van der Waals surface area (Å²) in [4.78, 5) is 32.0. The van der Waals surface area contributed by atoms with E-state index in [2.05, 4.69) is 17.1 Å². The first-order valence-corrected chi connectivity index (χ1v) is 11.6. The number of pyridine rings is 1. The number of halogens is 1. The van der Waals surface area contributed by atoms with E-state index in [4.69, 9.17) is 4.74 Å². The van der Waals surface area contributed by atoms with Crippen LogP contribution in [0.5, 0.6) is 0 Å². The maximum absolute atomic E-state index is 14.1. The van der Waals surface area contributed by atoms with Crippen molar-refractivity contribution in [2.75, 3.05) is 19.7 Å². The zero-order valence-electron chi connectivity index (χ0n) is 18.9. The number of aryl methyl sites for hydroxylation is 1. The number of fused-ring (bicyclic) bond motifs is 1. The highest BCUT2D eigenvalue weighted by atomic mass is 19.1. The van der Waals surface area contributed by atoms with Gasteiger partial charge in [0.1, 0.15) is 17.0 Å². The van der Waals surface area contributed by atoms with E-state index in [1.54, 1.807) is 29.2 Å². The van der Waals surface area contributed by atoms with Gasteiger partial charge in [0, 0.05) is 18.5 Å². The Labute approximate surface area is 193 Å². The van der Waals surface area contributed by atoms with E-state index in [1.807, 2.05) is 25.1 Å². The topological polar surface area (TPSA) is 59.5 Å². The van der Waals surface area contributed by atoms with Crippen molar-refractivity contribution in [2.24, 2.45) is 5.41 Å². The fraction of sp³-hybridized carbons (Fsp3) is 0.370. The molecule has 0 unspecified atom stereocenters. The molecular weight excluding hydrogens is 419 g/mol. The second kappa shape index (κ2) is 10.1. The van der Waals surface area contributed by atoms with Crippen molar-refractivity contribution in [3.05, 3.63) is 77.7 Å². The van der Waals surface area contributed by atoms with Crippen molar-refractivity contribution in [3.63, 3.8) is 0 Å². The standard InChI is InChI=1S/C27H29FN2O3/c1-2-33-26(32)27(15-7-10-20-8-4-3-5-9-20)16-18-30(19-17-27)25(31)23-14-13-21-11-6-12-22(28)24(21)29-23/h3-6,8-9,11-14H,2,7,10,15-19H2,1H3. The Morgan fingerprint density at radius 2 is 1.79 bits per heavy atom. The monoisotopic (exact) mass is 448 g/mol. The van der Waals surface area contributed by atoms with Crippen LogP contribution in [0.1, 0.15) is 48.7 Å². The highest BCUT2D eigenvalue weighted by Gasteiger charge is 2.43. The first kappa shape index (κ1) is 22.9. The minimum Gasteiger partial charge on any atom is -0.466 e. The summed E-state index contributed by atoms with van der Waals surface area (Å²) in [6.07, 6.45) is 3.60. The Bertz CT molecular complexity index is 1120. The smallest absolute Gasteiger partial charge is 0.312 e. The van der Waals surface area contributed by atoms with Gasteiger partial charge < -0.3 is 9.64 Å². The number of piperidine rings is 1. The predicted octanol–water partition coefficient (Wildman–Crippen LogP) is 5.18. The van der Waals surface area contributed by atoms with Gasteiger partial charge in [0.05, 0.1) is 12.0 Å². The van der Waals surface area contributed by atoms with E-state index in [0.29, 0.717) is 37.9 Å². The predicted molar refractivity (Wildman–Crippen MR) is 125 cm³/mol. The largest absolute Gasteiger partial charge is 0.466 e. The molecular formula is C27H29FN2O3. The first-order valence-electron chi connectivity index (χ1n) is 11.6. The average Bonchev–Trinajstić information content (AvgIpc) is 2.85. The normalized spacial score (nSPS) is 15.4. The molecule has 5 nitrogen and oxygen atoms in total. The molecule has 1 fully saturated rings. The van der Waals surface area contributed by atoms with Crippen LogP contribution >= 0.6 is 0 Å². The molecule has 1 aromatic heterocycles. The molecule has 1 aliphatic rings. The average molecular weight is 449 g/mol. The summed E-state index contributed by atoms with van der Waals surface area (Å²) in [7, 11) is 0. The van der Waals surface area contributed by atoms with Gasteiger partial charge in [-0.2, -0.15) is 0 Å². The zero-order valence-corrected chi connectivity index (χ0v) is 18.9. The molecule has 0 radical (unpaired) electrons. The molecule has 1 aliphatic heterocycles. The van der Waals surface area contributed by atoms with Crippen LogP contribution in [-0.2, 0) is 16.0 Å². The summed E-state index contributed by atoms with van der Waals surface area (Å²) in [6.45, 7) is 3.05. The van der Waals surface area contributed by atoms with Crippen molar-refractivity contribution >= 4 is 22.8 Å². The number of aromatic nitrogens is 1. The van der Waals surface area contributed by atoms with Gasteiger partial charge >= 0.3 is 5.97 Å². The number of benzene rings is 2. The van der Waals surface area contributed by atoms with Crippen molar-refractivity contribution in [3.8, 4) is 0 Å². The number of nitrogens with zero attached hydrogens (tertiary/aromatic N) is 2. The van der Waals surface area contributed by atoms with Crippen molar-refractivity contribution < 1.29 is 18.7 Å². The van der Waals surface area contributed by atoms with Crippen molar-refractivity contribution in [2.45, 2.75) is 39.0 Å². The molecule has 0 saturated carbocycles. The number of carbonyl (C=O) groups excluding carboxylic acids is 2. The fourth-order valence-electron chi connectivity index (χ4n) is 4.65. The van der Waals surface area contributed by atoms with Crippen molar-refractivity contribution in [1.29, 1.82) is 0 Å². The van der Waals surface area contributed by atoms with E-state index in [-0.39, 0.29) is 23.1 Å². The quantitative estimate of drug-likeness (QED) is 0.467. The van der Waals surface area contributed by atoms with Gasteiger partial charge in [0.25, 0.3) is 5.91 Å². The fourth-order valence-corrected chi connectivity index (χ4v) is 4.65. The molecule has 0 spiro atoms. The van der Waals surface area contributed by atoms with Gasteiger partial charge in [0.15, 0.2) is 0 Å². The van der Waals surface area contributed by atoms with E-state index < -0.39 is 11.2 Å². The number of para-hydroxylation sites is 1. The minimum atomic E-state index is -0.579. The third-order valence-electron chi connectivity index (χ3n) is 6.57. The lowest BCUT2D eigenvalue weighted by atomic mass is 9.74. The van der Waals surface area contributed by atoms with E-state index >= 15 is 0 Å². The number of rotatable bonds is 7. The Kier molecular flexibility index (Phi) is 7.02. The Morgan fingerprint density at radius 1 is 1.03 bits per heavy atom. The molecule has 1 amide bonds. The molecule has 0 atom stereocenters. The number of amides is 1. The maximum atomic E-state index is 14.1. The Morgan fingerprint density at radius 3 is 2.52 bits per heavy atom. The molecule has 3 aromatic rings. The summed E-state index contributed by atoms with van der Waals surface area (Å²) < 4.78 is 19.6. The highest BCUT2D eigenvalue weighted by Crippen LogP contribution is 2.38. The minimum absolute atomic E-state index is 0.170. The number of carbonyl (C=O) groups is 2. The SMILES string of the molecule is CCOC(=O)C1(CCCc2ccccc2)CCN(C(=O)c2ccc3cccc(F)c3n2)CC1. The number of hydrogen-bond acceptors (Lipinski definition) is 4. The summed E-state index contributed by atoms with van der Waals surface area (Å²) in [5.74, 6) is -0.849.